The zero-order valence-electron chi connectivity index (χ0n) is 12.2. The Morgan fingerprint density at radius 3 is 2.95 bits per heavy atom. The first-order valence-corrected chi connectivity index (χ1v) is 7.27. The van der Waals surface area contributed by atoms with Crippen LogP contribution in [0.4, 0.5) is 0 Å². The van der Waals surface area contributed by atoms with Crippen LogP contribution in [0.5, 0.6) is 0 Å². The molecule has 3 atom stereocenters. The molecule has 3 unspecified atom stereocenters. The highest BCUT2D eigenvalue weighted by Crippen LogP contribution is 2.26. The zero-order valence-corrected chi connectivity index (χ0v) is 12.2. The molecule has 1 aromatic rings. The molecule has 1 fully saturated rings. The summed E-state index contributed by atoms with van der Waals surface area (Å²) in [5.74, 6) is 1.70. The van der Waals surface area contributed by atoms with Crippen molar-refractivity contribution in [3.8, 4) is 0 Å². The van der Waals surface area contributed by atoms with Crippen LogP contribution in [0.25, 0.3) is 0 Å². The molecular formula is C14H23N5O. The van der Waals surface area contributed by atoms with Gasteiger partial charge in [-0.05, 0) is 20.5 Å². The molecule has 0 saturated carbocycles. The molecular weight excluding hydrogens is 254 g/mol. The molecule has 0 bridgehead atoms. The molecule has 2 aliphatic rings. The molecule has 1 aliphatic heterocycles. The Bertz CT molecular complexity index is 486. The van der Waals surface area contributed by atoms with Gasteiger partial charge in [-0.2, -0.15) is 4.98 Å². The summed E-state index contributed by atoms with van der Waals surface area (Å²) in [5.41, 5.74) is 5.86. The highest BCUT2D eigenvalue weighted by Gasteiger charge is 2.26. The van der Waals surface area contributed by atoms with Crippen molar-refractivity contribution in [1.82, 2.24) is 19.9 Å². The van der Waals surface area contributed by atoms with E-state index in [0.29, 0.717) is 11.9 Å². The fourth-order valence-corrected chi connectivity index (χ4v) is 2.94. The summed E-state index contributed by atoms with van der Waals surface area (Å²) in [7, 11) is 4.32. The number of hydrogen-bond acceptors (Lipinski definition) is 6. The van der Waals surface area contributed by atoms with E-state index in [0.717, 1.165) is 38.3 Å². The molecule has 3 rings (SSSR count). The van der Waals surface area contributed by atoms with Crippen molar-refractivity contribution in [2.45, 2.75) is 30.8 Å². The Labute approximate surface area is 119 Å². The maximum atomic E-state index is 5.86. The average Bonchev–Trinajstić information content (AvgIpc) is 3.03. The lowest BCUT2D eigenvalue weighted by molar-refractivity contribution is 0.113. The van der Waals surface area contributed by atoms with Gasteiger partial charge < -0.3 is 20.1 Å². The maximum absolute atomic E-state index is 5.86. The van der Waals surface area contributed by atoms with Crippen molar-refractivity contribution in [2.75, 3.05) is 33.7 Å². The van der Waals surface area contributed by atoms with Gasteiger partial charge in [0.05, 0.1) is 5.92 Å². The van der Waals surface area contributed by atoms with Crippen LogP contribution in [0.15, 0.2) is 16.7 Å². The predicted octanol–water partition coefficient (Wildman–Crippen LogP) is 0.229. The predicted molar refractivity (Wildman–Crippen MR) is 76.4 cm³/mol. The molecule has 6 nitrogen and oxygen atoms in total. The lowest BCUT2D eigenvalue weighted by Crippen LogP contribution is -2.50. The van der Waals surface area contributed by atoms with Gasteiger partial charge in [0.25, 0.3) is 0 Å². The van der Waals surface area contributed by atoms with Crippen LogP contribution in [0, 0.1) is 0 Å². The minimum absolute atomic E-state index is 0.119. The summed E-state index contributed by atoms with van der Waals surface area (Å²) in [5, 5.41) is 4.13. The van der Waals surface area contributed by atoms with E-state index >= 15 is 0 Å². The molecule has 0 aromatic carbocycles. The Kier molecular flexibility index (Phi) is 3.87. The largest absolute Gasteiger partial charge is 0.339 e. The van der Waals surface area contributed by atoms with Crippen LogP contribution in [0.1, 0.15) is 24.1 Å². The molecule has 1 aromatic heterocycles. The summed E-state index contributed by atoms with van der Waals surface area (Å²) >= 11 is 0. The number of nitrogens with zero attached hydrogens (tertiary/aromatic N) is 4. The van der Waals surface area contributed by atoms with Gasteiger partial charge in [0, 0.05) is 38.1 Å². The lowest BCUT2D eigenvalue weighted by Gasteiger charge is -2.37. The van der Waals surface area contributed by atoms with Crippen LogP contribution in [-0.2, 0) is 6.42 Å². The molecule has 20 heavy (non-hydrogen) atoms. The zero-order chi connectivity index (χ0) is 14.1. The van der Waals surface area contributed by atoms with E-state index in [1.807, 2.05) is 6.08 Å². The number of nitrogens with two attached hydrogens (primary N) is 1. The van der Waals surface area contributed by atoms with E-state index < -0.39 is 0 Å². The van der Waals surface area contributed by atoms with Crippen molar-refractivity contribution in [2.24, 2.45) is 5.73 Å². The first kappa shape index (κ1) is 13.7. The second kappa shape index (κ2) is 5.63. The number of likely N-dealkylation sites (N-methyl/N-ethyl adjacent to an activating group) is 2. The summed E-state index contributed by atoms with van der Waals surface area (Å²) in [6.07, 6.45) is 5.79. The maximum Gasteiger partial charge on any atom is 0.233 e. The van der Waals surface area contributed by atoms with Gasteiger partial charge in [-0.15, -0.1) is 0 Å². The van der Waals surface area contributed by atoms with Gasteiger partial charge in [0.15, 0.2) is 5.82 Å². The van der Waals surface area contributed by atoms with Gasteiger partial charge in [0.2, 0.25) is 5.89 Å². The average molecular weight is 277 g/mol. The normalized spacial score (nSPS) is 32.0. The minimum Gasteiger partial charge on any atom is -0.339 e. The van der Waals surface area contributed by atoms with E-state index in [2.05, 4.69) is 40.1 Å². The summed E-state index contributed by atoms with van der Waals surface area (Å²) in [4.78, 5) is 9.28. The van der Waals surface area contributed by atoms with E-state index in [1.165, 1.54) is 0 Å². The molecule has 110 valence electrons. The Morgan fingerprint density at radius 2 is 2.20 bits per heavy atom. The van der Waals surface area contributed by atoms with Crippen molar-refractivity contribution < 1.29 is 4.52 Å². The fourth-order valence-electron chi connectivity index (χ4n) is 2.94. The topological polar surface area (TPSA) is 71.4 Å². The number of aromatic nitrogens is 2. The molecule has 1 saturated heterocycles. The molecule has 0 amide bonds. The standard InChI is InChI=1S/C14H23N5O/c1-18-5-6-19(2)12(9-18)8-13-16-14(20-17-13)10-3-4-11(15)7-10/h3-4,10-12H,5-9,15H2,1-2H3. The van der Waals surface area contributed by atoms with E-state index in [9.17, 15) is 0 Å². The van der Waals surface area contributed by atoms with Gasteiger partial charge in [-0.25, -0.2) is 0 Å². The fraction of sp³-hybridized carbons (Fsp3) is 0.714. The number of hydrogen-bond donors (Lipinski definition) is 1. The third kappa shape index (κ3) is 2.92. The molecule has 2 N–H and O–H groups in total. The summed E-state index contributed by atoms with van der Waals surface area (Å²) in [6, 6.07) is 0.578. The first-order valence-electron chi connectivity index (χ1n) is 7.27. The first-order chi connectivity index (χ1) is 9.61. The third-order valence-corrected chi connectivity index (χ3v) is 4.32. The molecule has 2 heterocycles. The Hall–Kier alpha value is -1.24. The van der Waals surface area contributed by atoms with Crippen molar-refractivity contribution in [3.63, 3.8) is 0 Å². The Balaban J connectivity index is 1.63. The van der Waals surface area contributed by atoms with E-state index in [1.54, 1.807) is 0 Å². The number of rotatable bonds is 3. The van der Waals surface area contributed by atoms with Crippen molar-refractivity contribution in [3.05, 3.63) is 23.9 Å². The number of piperazine rings is 1. The van der Waals surface area contributed by atoms with E-state index in [-0.39, 0.29) is 12.0 Å². The summed E-state index contributed by atoms with van der Waals surface area (Å²) < 4.78 is 5.40. The van der Waals surface area contributed by atoms with Crippen LogP contribution >= 0.6 is 0 Å². The van der Waals surface area contributed by atoms with Crippen molar-refractivity contribution >= 4 is 0 Å². The highest BCUT2D eigenvalue weighted by molar-refractivity contribution is 5.15. The smallest absolute Gasteiger partial charge is 0.233 e. The van der Waals surface area contributed by atoms with Crippen LogP contribution in [-0.4, -0.2) is 65.8 Å². The van der Waals surface area contributed by atoms with Gasteiger partial charge in [-0.1, -0.05) is 17.3 Å². The van der Waals surface area contributed by atoms with Gasteiger partial charge in [0.1, 0.15) is 0 Å². The summed E-state index contributed by atoms with van der Waals surface area (Å²) in [6.45, 7) is 3.26. The molecule has 0 radical (unpaired) electrons. The molecule has 1 aliphatic carbocycles. The van der Waals surface area contributed by atoms with Crippen LogP contribution < -0.4 is 5.73 Å². The van der Waals surface area contributed by atoms with Gasteiger partial charge in [-0.3, -0.25) is 0 Å². The third-order valence-electron chi connectivity index (χ3n) is 4.32. The lowest BCUT2D eigenvalue weighted by atomic mass is 10.1. The van der Waals surface area contributed by atoms with Crippen LogP contribution in [0.3, 0.4) is 0 Å². The molecule has 6 heteroatoms. The van der Waals surface area contributed by atoms with Crippen LogP contribution in [0.2, 0.25) is 0 Å². The highest BCUT2D eigenvalue weighted by atomic mass is 16.5. The van der Waals surface area contributed by atoms with E-state index in [4.69, 9.17) is 10.3 Å². The second-order valence-corrected chi connectivity index (χ2v) is 6.04. The molecule has 0 spiro atoms. The van der Waals surface area contributed by atoms with Crippen molar-refractivity contribution in [1.29, 1.82) is 0 Å². The SMILES string of the molecule is CN1CCN(C)C(Cc2noc(C3C=CC(N)C3)n2)C1. The number of allylic oxidation sites excluding steroid dienone is 1. The second-order valence-electron chi connectivity index (χ2n) is 6.04. The van der Waals surface area contributed by atoms with Gasteiger partial charge >= 0.3 is 0 Å². The minimum atomic E-state index is 0.119. The monoisotopic (exact) mass is 277 g/mol. The quantitative estimate of drug-likeness (QED) is 0.797. The Morgan fingerprint density at radius 1 is 1.35 bits per heavy atom.